The number of rotatable bonds is 9. The van der Waals surface area contributed by atoms with Crippen molar-refractivity contribution >= 4 is 21.9 Å². The minimum atomic E-state index is -4.02. The second-order valence-electron chi connectivity index (χ2n) is 9.74. The third-order valence-corrected chi connectivity index (χ3v) is 8.45. The Morgan fingerprint density at radius 2 is 1.56 bits per heavy atom. The zero-order valence-electron chi connectivity index (χ0n) is 22.7. The number of sulfonamides is 1. The van der Waals surface area contributed by atoms with Crippen molar-refractivity contribution in [2.45, 2.75) is 25.3 Å². The molecule has 0 saturated heterocycles. The Hall–Kier alpha value is -4.60. The fraction of sp³-hybridized carbons (Fsp3) is 0.125. The van der Waals surface area contributed by atoms with E-state index in [1.54, 1.807) is 54.1 Å². The van der Waals surface area contributed by atoms with Gasteiger partial charge in [-0.25, -0.2) is 17.8 Å². The fourth-order valence-electron chi connectivity index (χ4n) is 4.34. The van der Waals surface area contributed by atoms with Gasteiger partial charge < -0.3 is 0 Å². The van der Waals surface area contributed by atoms with E-state index >= 15 is 0 Å². The molecule has 0 aliphatic carbocycles. The van der Waals surface area contributed by atoms with E-state index < -0.39 is 28.3 Å². The van der Waals surface area contributed by atoms with Crippen LogP contribution in [-0.2, 0) is 21.4 Å². The molecule has 0 fully saturated rings. The number of halogens is 1. The van der Waals surface area contributed by atoms with E-state index in [0.29, 0.717) is 16.9 Å². The van der Waals surface area contributed by atoms with Crippen molar-refractivity contribution in [3.05, 3.63) is 132 Å². The highest BCUT2D eigenvalue weighted by molar-refractivity contribution is 7.89. The minimum Gasteiger partial charge on any atom is -0.294 e. The Bertz CT molecular complexity index is 1770. The van der Waals surface area contributed by atoms with Crippen LogP contribution < -0.4 is 5.32 Å². The molecule has 208 valence electrons. The molecular weight excluding hydrogens is 539 g/mol. The average Bonchev–Trinajstić information content (AvgIpc) is 3.39. The third kappa shape index (κ3) is 6.42. The predicted molar refractivity (Wildman–Crippen MR) is 158 cm³/mol. The van der Waals surface area contributed by atoms with Crippen LogP contribution in [0.3, 0.4) is 0 Å². The van der Waals surface area contributed by atoms with Crippen molar-refractivity contribution in [1.29, 1.82) is 0 Å². The molecule has 1 N–H and O–H groups in total. The van der Waals surface area contributed by atoms with Gasteiger partial charge in [-0.3, -0.25) is 14.7 Å². The minimum absolute atomic E-state index is 0.00263. The Labute approximate surface area is 239 Å². The molecule has 7 nitrogen and oxygen atoms in total. The van der Waals surface area contributed by atoms with Gasteiger partial charge in [0.2, 0.25) is 21.9 Å². The lowest BCUT2D eigenvalue weighted by molar-refractivity contribution is -0.116. The van der Waals surface area contributed by atoms with Gasteiger partial charge in [0.15, 0.2) is 0 Å². The van der Waals surface area contributed by atoms with E-state index in [0.717, 1.165) is 21.0 Å². The maximum Gasteiger partial charge on any atom is 0.243 e. The maximum absolute atomic E-state index is 14.5. The van der Waals surface area contributed by atoms with Gasteiger partial charge in [-0.15, -0.1) is 0 Å². The lowest BCUT2D eigenvalue weighted by Crippen LogP contribution is -2.38. The molecule has 0 atom stereocenters. The fourth-order valence-corrected chi connectivity index (χ4v) is 5.73. The largest absolute Gasteiger partial charge is 0.294 e. The Morgan fingerprint density at radius 3 is 2.22 bits per heavy atom. The van der Waals surface area contributed by atoms with Crippen LogP contribution in [-0.4, -0.2) is 34.7 Å². The summed E-state index contributed by atoms with van der Waals surface area (Å²) in [6.45, 7) is 3.08. The highest BCUT2D eigenvalue weighted by atomic mass is 32.2. The van der Waals surface area contributed by atoms with E-state index in [-0.39, 0.29) is 17.4 Å². The predicted octanol–water partition coefficient (Wildman–Crippen LogP) is 6.12. The van der Waals surface area contributed by atoms with Crippen LogP contribution in [0, 0.1) is 19.7 Å². The van der Waals surface area contributed by atoms with Crippen LogP contribution in [0.5, 0.6) is 0 Å². The lowest BCUT2D eigenvalue weighted by atomic mass is 10.2. The van der Waals surface area contributed by atoms with Crippen LogP contribution in [0.4, 0.5) is 10.3 Å². The number of amides is 1. The second-order valence-corrected chi connectivity index (χ2v) is 11.7. The first-order valence-electron chi connectivity index (χ1n) is 13.0. The van der Waals surface area contributed by atoms with E-state index in [2.05, 4.69) is 10.3 Å². The van der Waals surface area contributed by atoms with Gasteiger partial charge in [-0.2, -0.15) is 4.31 Å². The molecule has 5 aromatic rings. The number of imidazole rings is 1. The maximum atomic E-state index is 14.5. The van der Waals surface area contributed by atoms with Crippen molar-refractivity contribution in [3.63, 3.8) is 0 Å². The van der Waals surface area contributed by atoms with Crippen LogP contribution in [0.15, 0.2) is 114 Å². The number of carbonyl (C=O) groups is 1. The summed E-state index contributed by atoms with van der Waals surface area (Å²) in [6.07, 6.45) is 1.71. The molecule has 0 spiro atoms. The molecule has 9 heteroatoms. The molecule has 4 aromatic carbocycles. The van der Waals surface area contributed by atoms with E-state index in [1.165, 1.54) is 18.2 Å². The van der Waals surface area contributed by atoms with Crippen molar-refractivity contribution < 1.29 is 17.6 Å². The molecule has 5 rings (SSSR count). The smallest absolute Gasteiger partial charge is 0.243 e. The van der Waals surface area contributed by atoms with Crippen LogP contribution >= 0.6 is 0 Å². The van der Waals surface area contributed by atoms with E-state index in [1.807, 2.05) is 55.5 Å². The summed E-state index contributed by atoms with van der Waals surface area (Å²) < 4.78 is 44.5. The standard InChI is InChI=1S/C32H29FN4O3S/c1-23-13-17-28(18-14-23)41(39,40)36(20-25-9-5-3-6-10-25)22-31(38)35-32-34-30(26-11-7-4-8-12-26)21-37(32)27-16-15-24(2)29(33)19-27/h3-19,21H,20,22H2,1-2H3,(H,34,35,38). The number of aryl methyl sites for hydroxylation is 2. The summed E-state index contributed by atoms with van der Waals surface area (Å²) in [5, 5.41) is 2.77. The van der Waals surface area contributed by atoms with Crippen LogP contribution in [0.1, 0.15) is 16.7 Å². The number of benzene rings is 4. The van der Waals surface area contributed by atoms with Gasteiger partial charge in [0.05, 0.1) is 22.8 Å². The molecule has 0 radical (unpaired) electrons. The van der Waals surface area contributed by atoms with E-state index in [9.17, 15) is 17.6 Å². The summed E-state index contributed by atoms with van der Waals surface area (Å²) in [5.74, 6) is -0.840. The molecule has 0 unspecified atom stereocenters. The zero-order valence-corrected chi connectivity index (χ0v) is 23.5. The van der Waals surface area contributed by atoms with Gasteiger partial charge in [0.25, 0.3) is 0 Å². The van der Waals surface area contributed by atoms with E-state index in [4.69, 9.17) is 0 Å². The topological polar surface area (TPSA) is 84.3 Å². The first kappa shape index (κ1) is 27.9. The number of anilines is 1. The molecule has 1 heterocycles. The first-order valence-corrected chi connectivity index (χ1v) is 14.5. The Balaban J connectivity index is 1.48. The quantitative estimate of drug-likeness (QED) is 0.232. The molecule has 41 heavy (non-hydrogen) atoms. The van der Waals surface area contributed by atoms with Crippen molar-refractivity contribution in [2.24, 2.45) is 0 Å². The molecule has 0 aliphatic rings. The molecule has 0 saturated carbocycles. The number of hydrogen-bond acceptors (Lipinski definition) is 4. The first-order chi connectivity index (χ1) is 19.7. The average molecular weight is 569 g/mol. The van der Waals surface area contributed by atoms with Gasteiger partial charge in [-0.05, 0) is 49.2 Å². The Morgan fingerprint density at radius 1 is 0.902 bits per heavy atom. The zero-order chi connectivity index (χ0) is 29.0. The van der Waals surface area contributed by atoms with Gasteiger partial charge in [0.1, 0.15) is 5.82 Å². The summed E-state index contributed by atoms with van der Waals surface area (Å²) >= 11 is 0. The Kier molecular flexibility index (Phi) is 8.09. The molecular formula is C32H29FN4O3S. The van der Waals surface area contributed by atoms with Crippen molar-refractivity contribution in [3.8, 4) is 16.9 Å². The van der Waals surface area contributed by atoms with Gasteiger partial charge in [-0.1, -0.05) is 84.4 Å². The molecule has 1 aromatic heterocycles. The highest BCUT2D eigenvalue weighted by Crippen LogP contribution is 2.26. The van der Waals surface area contributed by atoms with Gasteiger partial charge in [0, 0.05) is 18.3 Å². The molecule has 0 aliphatic heterocycles. The monoisotopic (exact) mass is 568 g/mol. The molecule has 1 amide bonds. The lowest BCUT2D eigenvalue weighted by Gasteiger charge is -2.22. The third-order valence-electron chi connectivity index (χ3n) is 6.64. The second kappa shape index (κ2) is 11.9. The molecule has 0 bridgehead atoms. The van der Waals surface area contributed by atoms with Gasteiger partial charge >= 0.3 is 0 Å². The summed E-state index contributed by atoms with van der Waals surface area (Å²) in [6, 6.07) is 29.7. The summed E-state index contributed by atoms with van der Waals surface area (Å²) in [4.78, 5) is 18.2. The summed E-state index contributed by atoms with van der Waals surface area (Å²) in [5.41, 5.74) is 3.98. The van der Waals surface area contributed by atoms with Crippen molar-refractivity contribution in [1.82, 2.24) is 13.9 Å². The number of nitrogens with one attached hydrogen (secondary N) is 1. The SMILES string of the molecule is Cc1ccc(S(=O)(=O)N(CC(=O)Nc2nc(-c3ccccc3)cn2-c2ccc(C)c(F)c2)Cc2ccccc2)cc1. The van der Waals surface area contributed by atoms with Crippen molar-refractivity contribution in [2.75, 3.05) is 11.9 Å². The normalized spacial score (nSPS) is 11.5. The van der Waals surface area contributed by atoms with Crippen LogP contribution in [0.2, 0.25) is 0 Å². The summed E-state index contributed by atoms with van der Waals surface area (Å²) in [7, 11) is -4.02. The number of nitrogens with zero attached hydrogens (tertiary/aromatic N) is 3. The highest BCUT2D eigenvalue weighted by Gasteiger charge is 2.28. The number of hydrogen-bond donors (Lipinski definition) is 1. The number of aromatic nitrogens is 2. The van der Waals surface area contributed by atoms with Crippen LogP contribution in [0.25, 0.3) is 16.9 Å². The number of carbonyl (C=O) groups excluding carboxylic acids is 1.